The van der Waals surface area contributed by atoms with E-state index in [9.17, 15) is 9.59 Å². The molecular weight excluding hydrogens is 330 g/mol. The van der Waals surface area contributed by atoms with Crippen LogP contribution < -0.4 is 11.1 Å². The summed E-state index contributed by atoms with van der Waals surface area (Å²) in [6, 6.07) is 3.85. The first-order chi connectivity index (χ1) is 11.1. The number of hydrogen-bond donors (Lipinski definition) is 2. The highest BCUT2D eigenvalue weighted by atomic mass is 32.1. The molecule has 1 aliphatic heterocycles. The topological polar surface area (TPSA) is 75.4 Å². The summed E-state index contributed by atoms with van der Waals surface area (Å²) in [5.41, 5.74) is 7.08. The standard InChI is InChI=1S/C16H19N3O2S2/c1-2-19-6-5-11-12(9-19)23-16(14(11)15(17)21)18-13(20)8-10-4-3-7-22-10/h3-4,7H,2,5-6,8-9H2,1H3,(H2,17,21)(H,18,20). The van der Waals surface area contributed by atoms with Crippen molar-refractivity contribution >= 4 is 39.5 Å². The number of hydrogen-bond acceptors (Lipinski definition) is 5. The normalized spacial score (nSPS) is 14.5. The van der Waals surface area contributed by atoms with Gasteiger partial charge in [-0.1, -0.05) is 13.0 Å². The van der Waals surface area contributed by atoms with Crippen LogP contribution in [0.5, 0.6) is 0 Å². The zero-order valence-corrected chi connectivity index (χ0v) is 14.6. The molecule has 0 atom stereocenters. The molecule has 5 nitrogen and oxygen atoms in total. The van der Waals surface area contributed by atoms with Crippen molar-refractivity contribution in [1.29, 1.82) is 0 Å². The highest BCUT2D eigenvalue weighted by molar-refractivity contribution is 7.17. The van der Waals surface area contributed by atoms with Gasteiger partial charge in [0.15, 0.2) is 0 Å². The second-order valence-corrected chi connectivity index (χ2v) is 7.63. The van der Waals surface area contributed by atoms with Crippen LogP contribution in [-0.2, 0) is 24.2 Å². The zero-order valence-electron chi connectivity index (χ0n) is 12.9. The van der Waals surface area contributed by atoms with Crippen LogP contribution in [-0.4, -0.2) is 29.8 Å². The van der Waals surface area contributed by atoms with Crippen LogP contribution >= 0.6 is 22.7 Å². The van der Waals surface area contributed by atoms with E-state index in [1.807, 2.05) is 17.5 Å². The Morgan fingerprint density at radius 1 is 1.43 bits per heavy atom. The molecule has 2 amide bonds. The van der Waals surface area contributed by atoms with Crippen LogP contribution in [0.2, 0.25) is 0 Å². The first-order valence-corrected chi connectivity index (χ1v) is 9.27. The second-order valence-electron chi connectivity index (χ2n) is 5.50. The smallest absolute Gasteiger partial charge is 0.251 e. The van der Waals surface area contributed by atoms with Gasteiger partial charge in [-0.15, -0.1) is 22.7 Å². The van der Waals surface area contributed by atoms with E-state index in [0.717, 1.165) is 41.4 Å². The van der Waals surface area contributed by atoms with Crippen LogP contribution in [0.4, 0.5) is 5.00 Å². The fourth-order valence-corrected chi connectivity index (χ4v) is 4.83. The number of nitrogens with two attached hydrogens (primary N) is 1. The molecule has 1 aliphatic rings. The maximum absolute atomic E-state index is 12.2. The molecule has 0 fully saturated rings. The monoisotopic (exact) mass is 349 g/mol. The summed E-state index contributed by atoms with van der Waals surface area (Å²) in [7, 11) is 0. The van der Waals surface area contributed by atoms with E-state index in [0.29, 0.717) is 17.0 Å². The Morgan fingerprint density at radius 2 is 2.26 bits per heavy atom. The minimum absolute atomic E-state index is 0.110. The number of fused-ring (bicyclic) bond motifs is 1. The molecule has 3 heterocycles. The first-order valence-electron chi connectivity index (χ1n) is 7.57. The summed E-state index contributed by atoms with van der Waals surface area (Å²) in [5.74, 6) is -0.570. The van der Waals surface area contributed by atoms with Gasteiger partial charge in [0.05, 0.1) is 12.0 Å². The fourth-order valence-electron chi connectivity index (χ4n) is 2.82. The van der Waals surface area contributed by atoms with Crippen molar-refractivity contribution in [3.63, 3.8) is 0 Å². The van der Waals surface area contributed by atoms with E-state index in [-0.39, 0.29) is 5.91 Å². The second kappa shape index (κ2) is 6.82. The number of likely N-dealkylation sites (N-methyl/N-ethyl adjacent to an activating group) is 1. The molecule has 122 valence electrons. The van der Waals surface area contributed by atoms with E-state index in [2.05, 4.69) is 17.1 Å². The number of anilines is 1. The molecule has 2 aromatic heterocycles. The Labute approximate surface area is 143 Å². The van der Waals surface area contributed by atoms with Crippen molar-refractivity contribution in [2.45, 2.75) is 26.3 Å². The van der Waals surface area contributed by atoms with E-state index in [1.165, 1.54) is 11.3 Å². The number of thiophene rings is 2. The molecular formula is C16H19N3O2S2. The molecule has 23 heavy (non-hydrogen) atoms. The third-order valence-electron chi connectivity index (χ3n) is 4.00. The van der Waals surface area contributed by atoms with Gasteiger partial charge in [-0.25, -0.2) is 0 Å². The number of primary amides is 1. The van der Waals surface area contributed by atoms with Gasteiger partial charge < -0.3 is 11.1 Å². The van der Waals surface area contributed by atoms with E-state index < -0.39 is 5.91 Å². The predicted octanol–water partition coefficient (Wildman–Crippen LogP) is 2.47. The van der Waals surface area contributed by atoms with Crippen molar-refractivity contribution < 1.29 is 9.59 Å². The van der Waals surface area contributed by atoms with Gasteiger partial charge in [-0.3, -0.25) is 14.5 Å². The largest absolute Gasteiger partial charge is 0.365 e. The van der Waals surface area contributed by atoms with Crippen molar-refractivity contribution in [1.82, 2.24) is 4.90 Å². The number of rotatable bonds is 5. The van der Waals surface area contributed by atoms with Gasteiger partial charge in [0.2, 0.25) is 5.91 Å². The molecule has 3 N–H and O–H groups in total. The van der Waals surface area contributed by atoms with Crippen LogP contribution in [0.1, 0.15) is 32.6 Å². The third kappa shape index (κ3) is 3.46. The number of carbonyl (C=O) groups is 2. The predicted molar refractivity (Wildman–Crippen MR) is 94.1 cm³/mol. The number of carbonyl (C=O) groups excluding carboxylic acids is 2. The highest BCUT2D eigenvalue weighted by Gasteiger charge is 2.27. The van der Waals surface area contributed by atoms with Gasteiger partial charge in [0.25, 0.3) is 5.91 Å². The molecule has 0 radical (unpaired) electrons. The van der Waals surface area contributed by atoms with Crippen LogP contribution in [0.15, 0.2) is 17.5 Å². The maximum atomic E-state index is 12.2. The molecule has 3 rings (SSSR count). The van der Waals surface area contributed by atoms with Crippen molar-refractivity contribution in [2.24, 2.45) is 5.73 Å². The van der Waals surface area contributed by atoms with E-state index in [1.54, 1.807) is 11.3 Å². The lowest BCUT2D eigenvalue weighted by Crippen LogP contribution is -2.30. The molecule has 2 aromatic rings. The average Bonchev–Trinajstić information content (AvgIpc) is 3.12. The molecule has 7 heteroatoms. The molecule has 0 aliphatic carbocycles. The lowest BCUT2D eigenvalue weighted by Gasteiger charge is -2.25. The summed E-state index contributed by atoms with van der Waals surface area (Å²) in [6.07, 6.45) is 1.12. The summed E-state index contributed by atoms with van der Waals surface area (Å²) in [6.45, 7) is 4.83. The Kier molecular flexibility index (Phi) is 4.79. The summed E-state index contributed by atoms with van der Waals surface area (Å²) in [5, 5.41) is 5.43. The quantitative estimate of drug-likeness (QED) is 0.871. The molecule has 0 unspecified atom stereocenters. The Morgan fingerprint density at radius 3 is 2.91 bits per heavy atom. The highest BCUT2D eigenvalue weighted by Crippen LogP contribution is 2.36. The van der Waals surface area contributed by atoms with E-state index in [4.69, 9.17) is 5.73 Å². The minimum Gasteiger partial charge on any atom is -0.365 e. The van der Waals surface area contributed by atoms with Crippen molar-refractivity contribution in [3.05, 3.63) is 38.4 Å². The third-order valence-corrected chi connectivity index (χ3v) is 6.01. The van der Waals surface area contributed by atoms with Gasteiger partial charge in [-0.2, -0.15) is 0 Å². The van der Waals surface area contributed by atoms with Crippen LogP contribution in [0.3, 0.4) is 0 Å². The number of nitrogens with zero attached hydrogens (tertiary/aromatic N) is 1. The number of nitrogens with one attached hydrogen (secondary N) is 1. The lowest BCUT2D eigenvalue weighted by atomic mass is 10.0. The van der Waals surface area contributed by atoms with Crippen molar-refractivity contribution in [3.8, 4) is 0 Å². The van der Waals surface area contributed by atoms with E-state index >= 15 is 0 Å². The molecule has 0 saturated heterocycles. The molecule has 0 saturated carbocycles. The zero-order chi connectivity index (χ0) is 16.4. The Hall–Kier alpha value is -1.70. The minimum atomic E-state index is -0.459. The molecule has 0 bridgehead atoms. The Bertz CT molecular complexity index is 722. The van der Waals surface area contributed by atoms with Gasteiger partial charge in [0, 0.05) is 22.8 Å². The summed E-state index contributed by atoms with van der Waals surface area (Å²) < 4.78 is 0. The molecule has 0 spiro atoms. The summed E-state index contributed by atoms with van der Waals surface area (Å²) >= 11 is 3.03. The number of amides is 2. The van der Waals surface area contributed by atoms with Gasteiger partial charge in [0.1, 0.15) is 5.00 Å². The summed E-state index contributed by atoms with van der Waals surface area (Å²) in [4.78, 5) is 28.6. The average molecular weight is 349 g/mol. The fraction of sp³-hybridized carbons (Fsp3) is 0.375. The van der Waals surface area contributed by atoms with Crippen molar-refractivity contribution in [2.75, 3.05) is 18.4 Å². The SMILES string of the molecule is CCN1CCc2c(sc(NC(=O)Cc3cccs3)c2C(N)=O)C1. The van der Waals surface area contributed by atoms with Crippen LogP contribution in [0, 0.1) is 0 Å². The van der Waals surface area contributed by atoms with Crippen LogP contribution in [0.25, 0.3) is 0 Å². The Balaban J connectivity index is 1.82. The first kappa shape index (κ1) is 16.2. The van der Waals surface area contributed by atoms with Gasteiger partial charge >= 0.3 is 0 Å². The van der Waals surface area contributed by atoms with Gasteiger partial charge in [-0.05, 0) is 30.0 Å². The maximum Gasteiger partial charge on any atom is 0.251 e. The lowest BCUT2D eigenvalue weighted by molar-refractivity contribution is -0.115. The molecule has 0 aromatic carbocycles.